The van der Waals surface area contributed by atoms with Crippen LogP contribution in [0.1, 0.15) is 10.4 Å². The van der Waals surface area contributed by atoms with Gasteiger partial charge in [0.05, 0.1) is 17.4 Å². The van der Waals surface area contributed by atoms with Crippen LogP contribution in [0.5, 0.6) is 0 Å². The zero-order valence-electron chi connectivity index (χ0n) is 16.1. The number of hydrogen-bond donors (Lipinski definition) is 0. The normalized spacial score (nSPS) is 13.8. The largest absolute Gasteiger partial charge is 0.420 e. The van der Waals surface area contributed by atoms with Crippen LogP contribution in [0.3, 0.4) is 0 Å². The number of carbonyl (C=O) groups is 1. The van der Waals surface area contributed by atoms with Gasteiger partial charge in [0.1, 0.15) is 23.5 Å². The van der Waals surface area contributed by atoms with Crippen LogP contribution in [0.25, 0.3) is 21.3 Å². The van der Waals surface area contributed by atoms with Crippen molar-refractivity contribution in [1.82, 2.24) is 19.4 Å². The quantitative estimate of drug-likeness (QED) is 0.516. The molecule has 0 bridgehead atoms. The molecule has 4 heterocycles. The van der Waals surface area contributed by atoms with Crippen LogP contribution in [0.2, 0.25) is 0 Å². The second-order valence-corrected chi connectivity index (χ2v) is 8.35. The minimum atomic E-state index is -0.509. The first-order valence-electron chi connectivity index (χ1n) is 9.31. The predicted molar refractivity (Wildman–Crippen MR) is 111 cm³/mol. The number of thiophene rings is 1. The fraction of sp³-hybridized carbons (Fsp3) is 0.300. The maximum Gasteiger partial charge on any atom is 0.420 e. The molecular weight excluding hydrogens is 390 g/mol. The van der Waals surface area contributed by atoms with Crippen LogP contribution in [0.15, 0.2) is 39.8 Å². The van der Waals surface area contributed by atoms with E-state index in [0.29, 0.717) is 24.2 Å². The zero-order valence-corrected chi connectivity index (χ0v) is 16.9. The van der Waals surface area contributed by atoms with Gasteiger partial charge in [0.15, 0.2) is 5.58 Å². The standard InChI is InChI=1S/C20H19N5O3S/c1-23(2)18-17-12-7-8-24(9-15(12)29-19(17)22-11-21-18)16(26)10-25-13-5-3-4-6-14(13)28-20(25)27/h3-6,11H,7-10H2,1-2H3. The number of anilines is 1. The van der Waals surface area contributed by atoms with Crippen molar-refractivity contribution in [3.8, 4) is 0 Å². The van der Waals surface area contributed by atoms with E-state index >= 15 is 0 Å². The Balaban J connectivity index is 1.44. The zero-order chi connectivity index (χ0) is 20.1. The number of nitrogens with zero attached hydrogens (tertiary/aromatic N) is 5. The Kier molecular flexibility index (Phi) is 4.13. The highest BCUT2D eigenvalue weighted by Crippen LogP contribution is 2.37. The highest BCUT2D eigenvalue weighted by atomic mass is 32.1. The van der Waals surface area contributed by atoms with E-state index in [-0.39, 0.29) is 12.5 Å². The van der Waals surface area contributed by atoms with Crippen molar-refractivity contribution in [3.63, 3.8) is 0 Å². The molecule has 3 aromatic heterocycles. The summed E-state index contributed by atoms with van der Waals surface area (Å²) in [6.45, 7) is 1.09. The van der Waals surface area contributed by atoms with Gasteiger partial charge in [-0.1, -0.05) is 12.1 Å². The van der Waals surface area contributed by atoms with E-state index in [0.717, 1.165) is 27.3 Å². The second kappa shape index (κ2) is 6.70. The van der Waals surface area contributed by atoms with Gasteiger partial charge >= 0.3 is 5.76 Å². The molecule has 148 valence electrons. The van der Waals surface area contributed by atoms with E-state index in [1.54, 1.807) is 40.8 Å². The molecule has 9 heteroatoms. The summed E-state index contributed by atoms with van der Waals surface area (Å²) >= 11 is 1.61. The van der Waals surface area contributed by atoms with Crippen LogP contribution >= 0.6 is 11.3 Å². The molecule has 0 atom stereocenters. The SMILES string of the molecule is CN(C)c1ncnc2sc3c(c12)CCN(C(=O)Cn1c(=O)oc2ccccc21)C3. The van der Waals surface area contributed by atoms with Gasteiger partial charge in [-0.3, -0.25) is 9.36 Å². The van der Waals surface area contributed by atoms with Crippen molar-refractivity contribution < 1.29 is 9.21 Å². The van der Waals surface area contributed by atoms with E-state index < -0.39 is 5.76 Å². The molecule has 1 amide bonds. The molecule has 0 saturated heterocycles. The molecular formula is C20H19N5O3S. The Morgan fingerprint density at radius 1 is 1.28 bits per heavy atom. The molecule has 0 aliphatic carbocycles. The summed E-state index contributed by atoms with van der Waals surface area (Å²) in [5.41, 5.74) is 2.35. The first kappa shape index (κ1) is 17.9. The summed E-state index contributed by atoms with van der Waals surface area (Å²) in [5.74, 6) is 0.300. The molecule has 1 aliphatic heterocycles. The number of para-hydroxylation sites is 2. The first-order valence-corrected chi connectivity index (χ1v) is 10.1. The maximum absolute atomic E-state index is 13.0. The lowest BCUT2D eigenvalue weighted by molar-refractivity contribution is -0.132. The molecule has 0 saturated carbocycles. The average molecular weight is 409 g/mol. The van der Waals surface area contributed by atoms with Crippen molar-refractivity contribution in [2.75, 3.05) is 25.5 Å². The van der Waals surface area contributed by atoms with Crippen molar-refractivity contribution in [3.05, 3.63) is 51.6 Å². The fourth-order valence-corrected chi connectivity index (χ4v) is 5.06. The molecule has 0 radical (unpaired) electrons. The lowest BCUT2D eigenvalue weighted by atomic mass is 10.0. The molecule has 8 nitrogen and oxygen atoms in total. The van der Waals surface area contributed by atoms with Gasteiger partial charge in [0.25, 0.3) is 0 Å². The van der Waals surface area contributed by atoms with Crippen molar-refractivity contribution in [2.24, 2.45) is 0 Å². The lowest BCUT2D eigenvalue weighted by Gasteiger charge is -2.27. The molecule has 1 aromatic carbocycles. The molecule has 0 N–H and O–H groups in total. The minimum Gasteiger partial charge on any atom is -0.408 e. The van der Waals surface area contributed by atoms with E-state index in [4.69, 9.17) is 4.42 Å². The fourth-order valence-electron chi connectivity index (χ4n) is 3.86. The summed E-state index contributed by atoms with van der Waals surface area (Å²) in [4.78, 5) is 39.9. The summed E-state index contributed by atoms with van der Waals surface area (Å²) in [6, 6.07) is 7.14. The third-order valence-electron chi connectivity index (χ3n) is 5.26. The van der Waals surface area contributed by atoms with Gasteiger partial charge in [-0.2, -0.15) is 0 Å². The van der Waals surface area contributed by atoms with Crippen LogP contribution in [-0.2, 0) is 24.3 Å². The molecule has 0 unspecified atom stereocenters. The molecule has 4 aromatic rings. The molecule has 1 aliphatic rings. The molecule has 5 rings (SSSR count). The van der Waals surface area contributed by atoms with Crippen molar-refractivity contribution in [1.29, 1.82) is 0 Å². The van der Waals surface area contributed by atoms with Gasteiger partial charge in [-0.25, -0.2) is 14.8 Å². The third kappa shape index (κ3) is 2.89. The first-order chi connectivity index (χ1) is 14.0. The lowest BCUT2D eigenvalue weighted by Crippen LogP contribution is -2.38. The van der Waals surface area contributed by atoms with E-state index in [9.17, 15) is 9.59 Å². The van der Waals surface area contributed by atoms with E-state index in [2.05, 4.69) is 9.97 Å². The predicted octanol–water partition coefficient (Wildman–Crippen LogP) is 2.25. The Bertz CT molecular complexity index is 1300. The highest BCUT2D eigenvalue weighted by molar-refractivity contribution is 7.19. The maximum atomic E-state index is 13.0. The summed E-state index contributed by atoms with van der Waals surface area (Å²) in [5, 5.41) is 1.08. The number of carbonyl (C=O) groups excluding carboxylic acids is 1. The van der Waals surface area contributed by atoms with Crippen molar-refractivity contribution >= 4 is 44.4 Å². The summed E-state index contributed by atoms with van der Waals surface area (Å²) in [7, 11) is 3.94. The van der Waals surface area contributed by atoms with Gasteiger partial charge in [-0.05, 0) is 24.1 Å². The second-order valence-electron chi connectivity index (χ2n) is 7.26. The number of aromatic nitrogens is 3. The number of oxazole rings is 1. The number of hydrogen-bond acceptors (Lipinski definition) is 7. The van der Waals surface area contributed by atoms with Crippen LogP contribution in [0, 0.1) is 0 Å². The van der Waals surface area contributed by atoms with Gasteiger partial charge < -0.3 is 14.2 Å². The minimum absolute atomic E-state index is 0.0289. The summed E-state index contributed by atoms with van der Waals surface area (Å²) in [6.07, 6.45) is 2.33. The molecule has 0 fully saturated rings. The number of amides is 1. The van der Waals surface area contributed by atoms with Gasteiger partial charge in [-0.15, -0.1) is 11.3 Å². The number of rotatable bonds is 3. The third-order valence-corrected chi connectivity index (χ3v) is 6.39. The van der Waals surface area contributed by atoms with Crippen molar-refractivity contribution in [2.45, 2.75) is 19.5 Å². The van der Waals surface area contributed by atoms with E-state index in [1.807, 2.05) is 25.1 Å². The highest BCUT2D eigenvalue weighted by Gasteiger charge is 2.27. The van der Waals surface area contributed by atoms with E-state index in [1.165, 1.54) is 10.1 Å². The Morgan fingerprint density at radius 2 is 2.10 bits per heavy atom. The van der Waals surface area contributed by atoms with Crippen LogP contribution in [0.4, 0.5) is 5.82 Å². The monoisotopic (exact) mass is 409 g/mol. The smallest absolute Gasteiger partial charge is 0.408 e. The number of benzene rings is 1. The average Bonchev–Trinajstić information content (AvgIpc) is 3.24. The number of fused-ring (bicyclic) bond motifs is 4. The van der Waals surface area contributed by atoms with Gasteiger partial charge in [0, 0.05) is 25.5 Å². The Hall–Kier alpha value is -3.20. The topological polar surface area (TPSA) is 84.5 Å². The Morgan fingerprint density at radius 3 is 2.93 bits per heavy atom. The van der Waals surface area contributed by atoms with Crippen LogP contribution < -0.4 is 10.7 Å². The Labute approximate surface area is 170 Å². The molecule has 29 heavy (non-hydrogen) atoms. The summed E-state index contributed by atoms with van der Waals surface area (Å²) < 4.78 is 6.63. The van der Waals surface area contributed by atoms with Gasteiger partial charge in [0.2, 0.25) is 5.91 Å². The molecule has 0 spiro atoms. The van der Waals surface area contributed by atoms with Crippen LogP contribution in [-0.4, -0.2) is 46.0 Å².